The maximum absolute atomic E-state index is 12.0. The van der Waals surface area contributed by atoms with Crippen molar-refractivity contribution in [3.8, 4) is 5.75 Å². The van der Waals surface area contributed by atoms with Gasteiger partial charge in [-0.05, 0) is 66.7 Å². The molecule has 0 spiro atoms. The second-order valence-corrected chi connectivity index (χ2v) is 6.78. The number of rotatable bonds is 5. The van der Waals surface area contributed by atoms with Crippen LogP contribution in [0.5, 0.6) is 5.75 Å². The first-order valence-corrected chi connectivity index (χ1v) is 9.00. The van der Waals surface area contributed by atoms with Crippen LogP contribution in [0.15, 0.2) is 52.4 Å². The van der Waals surface area contributed by atoms with E-state index in [1.807, 2.05) is 18.2 Å². The molecule has 1 aromatic heterocycles. The van der Waals surface area contributed by atoms with Crippen LogP contribution < -0.4 is 10.3 Å². The fourth-order valence-corrected chi connectivity index (χ4v) is 2.64. The van der Waals surface area contributed by atoms with Gasteiger partial charge in [-0.1, -0.05) is 29.3 Å². The summed E-state index contributed by atoms with van der Waals surface area (Å²) in [6.45, 7) is 1.95. The maximum Gasteiger partial charge on any atom is 0.296 e. The number of nitrogens with one attached hydrogen (secondary N) is 1. The van der Waals surface area contributed by atoms with Gasteiger partial charge in [0.25, 0.3) is 5.56 Å². The van der Waals surface area contributed by atoms with Crippen molar-refractivity contribution in [1.82, 2.24) is 14.9 Å². The van der Waals surface area contributed by atoms with Gasteiger partial charge in [-0.3, -0.25) is 9.89 Å². The number of aryl methyl sites for hydroxylation is 1. The van der Waals surface area contributed by atoms with E-state index in [0.29, 0.717) is 22.4 Å². The quantitative estimate of drug-likeness (QED) is 0.490. The Kier molecular flexibility index (Phi) is 6.05. The van der Waals surface area contributed by atoms with Crippen LogP contribution in [-0.2, 0) is 6.61 Å². The predicted octanol–water partition coefficient (Wildman–Crippen LogP) is 4.38. The molecular weight excluding hydrogens is 407 g/mol. The van der Waals surface area contributed by atoms with Crippen molar-refractivity contribution in [3.05, 3.63) is 84.5 Å². The third kappa shape index (κ3) is 4.82. The van der Waals surface area contributed by atoms with Crippen molar-refractivity contribution in [2.75, 3.05) is 0 Å². The molecule has 0 fully saturated rings. The number of H-pyrrole nitrogens is 1. The van der Waals surface area contributed by atoms with E-state index in [1.54, 1.807) is 31.2 Å². The molecule has 0 atom stereocenters. The lowest BCUT2D eigenvalue weighted by Crippen LogP contribution is -2.22. The number of halogens is 2. The van der Waals surface area contributed by atoms with Gasteiger partial charge in [-0.25, -0.2) is 0 Å². The Morgan fingerprint density at radius 1 is 1.22 bits per heavy atom. The molecular formula is C18H14Cl2N4O2S. The van der Waals surface area contributed by atoms with E-state index in [1.165, 1.54) is 6.21 Å². The van der Waals surface area contributed by atoms with E-state index >= 15 is 0 Å². The normalized spacial score (nSPS) is 11.1. The zero-order valence-electron chi connectivity index (χ0n) is 14.1. The number of benzene rings is 2. The molecule has 3 rings (SSSR count). The predicted molar refractivity (Wildman–Crippen MR) is 109 cm³/mol. The van der Waals surface area contributed by atoms with Crippen molar-refractivity contribution in [2.24, 2.45) is 5.10 Å². The number of aromatic nitrogens is 3. The van der Waals surface area contributed by atoms with Crippen LogP contribution in [0.25, 0.3) is 0 Å². The highest BCUT2D eigenvalue weighted by Gasteiger charge is 2.02. The standard InChI is InChI=1S/C18H14Cl2N4O2S/c1-11-17(25)24(18(27)23-22-11)21-9-12-2-5-14(6-3-12)26-10-13-4-7-15(19)16(20)8-13/h2-9H,10H2,1H3,(H,23,27)/b21-9+. The third-order valence-corrected chi connectivity index (χ3v) is 4.61. The van der Waals surface area contributed by atoms with Gasteiger partial charge in [-0.15, -0.1) is 0 Å². The summed E-state index contributed by atoms with van der Waals surface area (Å²) in [5.41, 5.74) is 1.62. The number of aromatic amines is 1. The minimum atomic E-state index is -0.364. The third-order valence-electron chi connectivity index (χ3n) is 3.61. The molecule has 1 heterocycles. The minimum absolute atomic E-state index is 0.128. The van der Waals surface area contributed by atoms with Gasteiger partial charge in [0.05, 0.1) is 16.3 Å². The molecule has 0 saturated heterocycles. The van der Waals surface area contributed by atoms with E-state index in [0.717, 1.165) is 15.8 Å². The Morgan fingerprint density at radius 2 is 1.96 bits per heavy atom. The van der Waals surface area contributed by atoms with E-state index in [4.69, 9.17) is 40.2 Å². The Balaban J connectivity index is 1.69. The molecule has 1 N–H and O–H groups in total. The molecule has 138 valence electrons. The molecule has 0 radical (unpaired) electrons. The number of nitrogens with zero attached hydrogens (tertiary/aromatic N) is 3. The highest BCUT2D eigenvalue weighted by Crippen LogP contribution is 2.23. The van der Waals surface area contributed by atoms with Gasteiger partial charge in [0.1, 0.15) is 18.1 Å². The van der Waals surface area contributed by atoms with Crippen LogP contribution in [0.2, 0.25) is 10.0 Å². The second kappa shape index (κ2) is 8.47. The van der Waals surface area contributed by atoms with Crippen LogP contribution in [-0.4, -0.2) is 21.1 Å². The van der Waals surface area contributed by atoms with Crippen molar-refractivity contribution < 1.29 is 4.74 Å². The summed E-state index contributed by atoms with van der Waals surface area (Å²) >= 11 is 16.9. The molecule has 0 amide bonds. The lowest BCUT2D eigenvalue weighted by Gasteiger charge is -2.07. The maximum atomic E-state index is 12.0. The van der Waals surface area contributed by atoms with E-state index in [9.17, 15) is 4.79 Å². The Bertz CT molecular complexity index is 1110. The molecule has 3 aromatic rings. The molecule has 0 unspecified atom stereocenters. The van der Waals surface area contributed by atoms with Gasteiger partial charge in [0.2, 0.25) is 4.77 Å². The molecule has 0 saturated carbocycles. The SMILES string of the molecule is Cc1n[nH]c(=S)n(/N=C/c2ccc(OCc3ccc(Cl)c(Cl)c3)cc2)c1=O. The van der Waals surface area contributed by atoms with Crippen molar-refractivity contribution in [2.45, 2.75) is 13.5 Å². The second-order valence-electron chi connectivity index (χ2n) is 5.58. The summed E-state index contributed by atoms with van der Waals surface area (Å²) in [7, 11) is 0. The van der Waals surface area contributed by atoms with E-state index < -0.39 is 0 Å². The Labute approximate surface area is 170 Å². The lowest BCUT2D eigenvalue weighted by molar-refractivity contribution is 0.306. The number of hydrogen-bond donors (Lipinski definition) is 1. The average Bonchev–Trinajstić information content (AvgIpc) is 2.67. The lowest BCUT2D eigenvalue weighted by atomic mass is 10.2. The fraction of sp³-hybridized carbons (Fsp3) is 0.111. The Hall–Kier alpha value is -2.48. The summed E-state index contributed by atoms with van der Waals surface area (Å²) < 4.78 is 6.95. The van der Waals surface area contributed by atoms with Crippen LogP contribution in [0.4, 0.5) is 0 Å². The number of ether oxygens (including phenoxy) is 1. The monoisotopic (exact) mass is 420 g/mol. The largest absolute Gasteiger partial charge is 0.489 e. The van der Waals surface area contributed by atoms with E-state index in [-0.39, 0.29) is 16.0 Å². The zero-order chi connectivity index (χ0) is 19.4. The fourth-order valence-electron chi connectivity index (χ4n) is 2.15. The van der Waals surface area contributed by atoms with Crippen LogP contribution in [0, 0.1) is 11.7 Å². The smallest absolute Gasteiger partial charge is 0.296 e. The molecule has 0 bridgehead atoms. The first-order valence-electron chi connectivity index (χ1n) is 7.83. The summed E-state index contributed by atoms with van der Waals surface area (Å²) in [6, 6.07) is 12.6. The van der Waals surface area contributed by atoms with Gasteiger partial charge in [0, 0.05) is 0 Å². The molecule has 2 aromatic carbocycles. The average molecular weight is 421 g/mol. The molecule has 0 aliphatic rings. The van der Waals surface area contributed by atoms with Gasteiger partial charge < -0.3 is 4.74 Å². The highest BCUT2D eigenvalue weighted by molar-refractivity contribution is 7.71. The molecule has 9 heteroatoms. The summed E-state index contributed by atoms with van der Waals surface area (Å²) in [4.78, 5) is 12.0. The van der Waals surface area contributed by atoms with Gasteiger partial charge in [-0.2, -0.15) is 14.9 Å². The molecule has 0 aliphatic heterocycles. The summed E-state index contributed by atoms with van der Waals surface area (Å²) in [5, 5.41) is 11.5. The topological polar surface area (TPSA) is 72.3 Å². The van der Waals surface area contributed by atoms with Gasteiger partial charge >= 0.3 is 0 Å². The van der Waals surface area contributed by atoms with Crippen molar-refractivity contribution in [1.29, 1.82) is 0 Å². The van der Waals surface area contributed by atoms with E-state index in [2.05, 4.69) is 15.3 Å². The first kappa shape index (κ1) is 19.3. The summed E-state index contributed by atoms with van der Waals surface area (Å²) in [6.07, 6.45) is 1.53. The first-order chi connectivity index (χ1) is 12.9. The molecule has 0 aliphatic carbocycles. The van der Waals surface area contributed by atoms with Crippen molar-refractivity contribution in [3.63, 3.8) is 0 Å². The number of hydrogen-bond acceptors (Lipinski definition) is 5. The highest BCUT2D eigenvalue weighted by atomic mass is 35.5. The minimum Gasteiger partial charge on any atom is -0.489 e. The Morgan fingerprint density at radius 3 is 2.67 bits per heavy atom. The zero-order valence-corrected chi connectivity index (χ0v) is 16.5. The summed E-state index contributed by atoms with van der Waals surface area (Å²) in [5.74, 6) is 0.687. The molecule has 6 nitrogen and oxygen atoms in total. The van der Waals surface area contributed by atoms with Crippen LogP contribution in [0.3, 0.4) is 0 Å². The van der Waals surface area contributed by atoms with Crippen LogP contribution in [0.1, 0.15) is 16.8 Å². The molecule has 27 heavy (non-hydrogen) atoms. The van der Waals surface area contributed by atoms with Crippen molar-refractivity contribution >= 4 is 41.6 Å². The van der Waals surface area contributed by atoms with Gasteiger partial charge in [0.15, 0.2) is 0 Å². The van der Waals surface area contributed by atoms with Crippen LogP contribution >= 0.6 is 35.4 Å².